The van der Waals surface area contributed by atoms with Gasteiger partial charge in [0.05, 0.1) is 0 Å². The summed E-state index contributed by atoms with van der Waals surface area (Å²) in [4.78, 5) is 0. The molecule has 2 heteroatoms. The molecule has 2 fully saturated rings. The molecular weight excluding hydrogens is 310 g/mol. The topological polar surface area (TPSA) is 12.0 Å². The zero-order valence-corrected chi connectivity index (χ0v) is 13.9. The molecule has 1 aromatic carbocycles. The third-order valence-electron chi connectivity index (χ3n) is 4.97. The number of hydrogen-bond acceptors (Lipinski definition) is 1. The molecule has 0 amide bonds. The minimum absolute atomic E-state index is 0.710. The lowest BCUT2D eigenvalue weighted by atomic mass is 9.81. The van der Waals surface area contributed by atoms with Crippen molar-refractivity contribution in [2.75, 3.05) is 6.54 Å². The number of benzene rings is 1. The fourth-order valence-corrected chi connectivity index (χ4v) is 3.83. The Morgan fingerprint density at radius 1 is 0.950 bits per heavy atom. The van der Waals surface area contributed by atoms with Crippen LogP contribution in [0.25, 0.3) is 0 Å². The second-order valence-corrected chi connectivity index (χ2v) is 7.51. The highest BCUT2D eigenvalue weighted by Gasteiger charge is 2.27. The summed E-state index contributed by atoms with van der Waals surface area (Å²) in [6.07, 6.45) is 11.4. The van der Waals surface area contributed by atoms with Gasteiger partial charge in [0.25, 0.3) is 0 Å². The maximum atomic E-state index is 3.78. The predicted octanol–water partition coefficient (Wildman–Crippen LogP) is 5.26. The van der Waals surface area contributed by atoms with E-state index in [-0.39, 0.29) is 0 Å². The van der Waals surface area contributed by atoms with Gasteiger partial charge in [-0.1, -0.05) is 53.7 Å². The van der Waals surface area contributed by atoms with E-state index in [4.69, 9.17) is 0 Å². The van der Waals surface area contributed by atoms with Gasteiger partial charge in [-0.15, -0.1) is 0 Å². The normalized spacial score (nSPS) is 22.4. The molecule has 0 heterocycles. The average Bonchev–Trinajstić information content (AvgIpc) is 3.28. The van der Waals surface area contributed by atoms with Crippen molar-refractivity contribution in [3.05, 3.63) is 34.3 Å². The molecular formula is C18H26BrN. The van der Waals surface area contributed by atoms with Gasteiger partial charge < -0.3 is 5.32 Å². The van der Waals surface area contributed by atoms with Crippen molar-refractivity contribution in [3.63, 3.8) is 0 Å². The molecule has 2 aliphatic carbocycles. The fraction of sp³-hybridized carbons (Fsp3) is 0.667. The molecule has 1 N–H and O–H groups in total. The van der Waals surface area contributed by atoms with Gasteiger partial charge in [0.15, 0.2) is 0 Å². The second kappa shape index (κ2) is 7.09. The third kappa shape index (κ3) is 4.08. The number of hydrogen-bond donors (Lipinski definition) is 1. The van der Waals surface area contributed by atoms with Gasteiger partial charge in [-0.25, -0.2) is 0 Å². The molecule has 1 nitrogen and oxygen atoms in total. The van der Waals surface area contributed by atoms with Crippen LogP contribution < -0.4 is 5.32 Å². The first kappa shape index (κ1) is 14.6. The monoisotopic (exact) mass is 335 g/mol. The number of rotatable bonds is 5. The second-order valence-electron chi connectivity index (χ2n) is 6.59. The van der Waals surface area contributed by atoms with E-state index in [0.29, 0.717) is 5.92 Å². The first-order chi connectivity index (χ1) is 9.83. The molecule has 2 saturated carbocycles. The van der Waals surface area contributed by atoms with Crippen LogP contribution in [0.2, 0.25) is 0 Å². The van der Waals surface area contributed by atoms with Crippen LogP contribution in [0, 0.1) is 5.92 Å². The summed E-state index contributed by atoms with van der Waals surface area (Å²) >= 11 is 3.56. The van der Waals surface area contributed by atoms with Gasteiger partial charge in [0.2, 0.25) is 0 Å². The van der Waals surface area contributed by atoms with Crippen LogP contribution in [-0.2, 0) is 0 Å². The van der Waals surface area contributed by atoms with Crippen LogP contribution in [0.15, 0.2) is 28.7 Å². The van der Waals surface area contributed by atoms with Crippen molar-refractivity contribution in [2.45, 2.75) is 63.3 Å². The van der Waals surface area contributed by atoms with Gasteiger partial charge in [0, 0.05) is 17.1 Å². The highest BCUT2D eigenvalue weighted by atomic mass is 79.9. The summed E-state index contributed by atoms with van der Waals surface area (Å²) < 4.78 is 1.19. The maximum absolute atomic E-state index is 3.78. The maximum Gasteiger partial charge on any atom is 0.0175 e. The van der Waals surface area contributed by atoms with Gasteiger partial charge in [-0.3, -0.25) is 0 Å². The van der Waals surface area contributed by atoms with E-state index in [1.807, 2.05) is 0 Å². The highest BCUT2D eigenvalue weighted by Crippen LogP contribution is 2.36. The lowest BCUT2D eigenvalue weighted by Gasteiger charge is -2.27. The predicted molar refractivity (Wildman–Crippen MR) is 89.1 cm³/mol. The van der Waals surface area contributed by atoms with Crippen molar-refractivity contribution >= 4 is 15.9 Å². The standard InChI is InChI=1S/C18H26BrN/c19-16-9-7-15(8-10-16)18(13-20-17-11-12-17)14-5-3-1-2-4-6-14/h7-10,14,17-18,20H,1-6,11-13H2. The number of nitrogens with one attached hydrogen (secondary N) is 1. The molecule has 0 bridgehead atoms. The van der Waals surface area contributed by atoms with Crippen LogP contribution in [0.4, 0.5) is 0 Å². The molecule has 0 aliphatic heterocycles. The van der Waals surface area contributed by atoms with Crippen LogP contribution in [0.5, 0.6) is 0 Å². The molecule has 110 valence electrons. The minimum Gasteiger partial charge on any atom is -0.313 e. The first-order valence-electron chi connectivity index (χ1n) is 8.32. The summed E-state index contributed by atoms with van der Waals surface area (Å²) in [6.45, 7) is 1.18. The first-order valence-corrected chi connectivity index (χ1v) is 9.11. The summed E-state index contributed by atoms with van der Waals surface area (Å²) in [7, 11) is 0. The Kier molecular flexibility index (Phi) is 5.17. The van der Waals surface area contributed by atoms with Crippen molar-refractivity contribution in [3.8, 4) is 0 Å². The van der Waals surface area contributed by atoms with Gasteiger partial charge >= 0.3 is 0 Å². The molecule has 1 aromatic rings. The summed E-state index contributed by atoms with van der Waals surface area (Å²) in [6, 6.07) is 9.88. The van der Waals surface area contributed by atoms with E-state index < -0.39 is 0 Å². The van der Waals surface area contributed by atoms with Crippen molar-refractivity contribution < 1.29 is 0 Å². The van der Waals surface area contributed by atoms with Crippen molar-refractivity contribution in [1.29, 1.82) is 0 Å². The third-order valence-corrected chi connectivity index (χ3v) is 5.50. The molecule has 1 atom stereocenters. The molecule has 2 aliphatic rings. The largest absolute Gasteiger partial charge is 0.313 e. The molecule has 0 saturated heterocycles. The molecule has 0 aromatic heterocycles. The summed E-state index contributed by atoms with van der Waals surface area (Å²) in [5.74, 6) is 1.59. The van der Waals surface area contributed by atoms with E-state index in [9.17, 15) is 0 Å². The van der Waals surface area contributed by atoms with E-state index >= 15 is 0 Å². The summed E-state index contributed by atoms with van der Waals surface area (Å²) in [5, 5.41) is 3.78. The van der Waals surface area contributed by atoms with Gasteiger partial charge in [-0.2, -0.15) is 0 Å². The smallest absolute Gasteiger partial charge is 0.0175 e. The average molecular weight is 336 g/mol. The Bertz CT molecular complexity index is 402. The lowest BCUT2D eigenvalue weighted by molar-refractivity contribution is 0.360. The zero-order valence-electron chi connectivity index (χ0n) is 12.3. The Balaban J connectivity index is 1.72. The fourth-order valence-electron chi connectivity index (χ4n) is 3.56. The SMILES string of the molecule is Brc1ccc(C(CNC2CC2)C2CCCCCC2)cc1. The van der Waals surface area contributed by atoms with Crippen LogP contribution >= 0.6 is 15.9 Å². The highest BCUT2D eigenvalue weighted by molar-refractivity contribution is 9.10. The molecule has 1 unspecified atom stereocenters. The zero-order chi connectivity index (χ0) is 13.8. The van der Waals surface area contributed by atoms with E-state index in [0.717, 1.165) is 12.0 Å². The van der Waals surface area contributed by atoms with Crippen molar-refractivity contribution in [1.82, 2.24) is 5.32 Å². The Hall–Kier alpha value is -0.340. The minimum atomic E-state index is 0.710. The molecule has 0 radical (unpaired) electrons. The Morgan fingerprint density at radius 3 is 2.20 bits per heavy atom. The van der Waals surface area contributed by atoms with Crippen LogP contribution in [0.1, 0.15) is 62.8 Å². The van der Waals surface area contributed by atoms with Crippen molar-refractivity contribution in [2.24, 2.45) is 5.92 Å². The number of halogens is 1. The summed E-state index contributed by atoms with van der Waals surface area (Å²) in [5.41, 5.74) is 1.54. The van der Waals surface area contributed by atoms with Crippen LogP contribution in [-0.4, -0.2) is 12.6 Å². The lowest BCUT2D eigenvalue weighted by Crippen LogP contribution is -2.28. The Labute approximate surface area is 131 Å². The Morgan fingerprint density at radius 2 is 1.60 bits per heavy atom. The molecule has 0 spiro atoms. The molecule has 20 heavy (non-hydrogen) atoms. The van der Waals surface area contributed by atoms with Gasteiger partial charge in [0.1, 0.15) is 0 Å². The van der Waals surface area contributed by atoms with E-state index in [1.165, 1.54) is 67.9 Å². The van der Waals surface area contributed by atoms with Crippen LogP contribution in [0.3, 0.4) is 0 Å². The van der Waals surface area contributed by atoms with Gasteiger partial charge in [-0.05, 0) is 55.2 Å². The quantitative estimate of drug-likeness (QED) is 0.724. The van der Waals surface area contributed by atoms with E-state index in [1.54, 1.807) is 0 Å². The van der Waals surface area contributed by atoms with E-state index in [2.05, 4.69) is 45.5 Å². The molecule has 3 rings (SSSR count).